The lowest BCUT2D eigenvalue weighted by molar-refractivity contribution is 0.0995. The predicted molar refractivity (Wildman–Crippen MR) is 117 cm³/mol. The van der Waals surface area contributed by atoms with Gasteiger partial charge in [-0.1, -0.05) is 0 Å². The summed E-state index contributed by atoms with van der Waals surface area (Å²) >= 11 is 2.49. The van der Waals surface area contributed by atoms with Crippen molar-refractivity contribution in [2.75, 3.05) is 23.8 Å². The van der Waals surface area contributed by atoms with Crippen molar-refractivity contribution in [3.8, 4) is 22.8 Å². The van der Waals surface area contributed by atoms with Gasteiger partial charge in [0, 0.05) is 10.9 Å². The maximum absolute atomic E-state index is 12.6. The number of furan rings is 1. The van der Waals surface area contributed by atoms with E-state index in [-0.39, 0.29) is 17.6 Å². The van der Waals surface area contributed by atoms with Crippen LogP contribution in [0.5, 0.6) is 11.5 Å². The van der Waals surface area contributed by atoms with Gasteiger partial charge in [0.25, 0.3) is 11.8 Å². The molecule has 0 spiro atoms. The molecular weight excluding hydrogens is 438 g/mol. The number of hydrogen-bond acceptors (Lipinski definition) is 8. The summed E-state index contributed by atoms with van der Waals surface area (Å²) in [6.07, 6.45) is 1.43. The van der Waals surface area contributed by atoms with E-state index in [2.05, 4.69) is 15.6 Å². The molecule has 0 aliphatic carbocycles. The highest BCUT2D eigenvalue weighted by Gasteiger charge is 2.16. The Morgan fingerprint density at radius 3 is 2.68 bits per heavy atom. The molecule has 0 bridgehead atoms. The molecule has 156 valence electrons. The molecule has 31 heavy (non-hydrogen) atoms. The lowest BCUT2D eigenvalue weighted by atomic mass is 10.1. The summed E-state index contributed by atoms with van der Waals surface area (Å²) in [5.41, 5.74) is 1.61. The molecule has 2 N–H and O–H groups in total. The SMILES string of the molecule is O=C(Nc1ccc(C(=O)Nc2nc(-c3ccc4c(c3)OCCO4)cs2)s1)c1ccco1. The first-order valence-corrected chi connectivity index (χ1v) is 11.0. The lowest BCUT2D eigenvalue weighted by Crippen LogP contribution is -2.15. The summed E-state index contributed by atoms with van der Waals surface area (Å²) in [7, 11) is 0. The average molecular weight is 454 g/mol. The fourth-order valence-electron chi connectivity index (χ4n) is 2.93. The molecule has 3 aromatic heterocycles. The Labute approximate surface area is 184 Å². The van der Waals surface area contributed by atoms with Crippen LogP contribution in [0.4, 0.5) is 10.1 Å². The first-order valence-electron chi connectivity index (χ1n) is 9.27. The van der Waals surface area contributed by atoms with E-state index in [1.165, 1.54) is 28.9 Å². The standard InChI is InChI=1S/C21H15N3O5S2/c25-19(15-2-1-7-27-15)23-18-6-5-17(31-18)20(26)24-21-22-13(11-30-21)12-3-4-14-16(10-12)29-9-8-28-14/h1-7,10-11H,8-9H2,(H,23,25)(H,22,24,26). The van der Waals surface area contributed by atoms with E-state index in [9.17, 15) is 9.59 Å². The van der Waals surface area contributed by atoms with Gasteiger partial charge in [0.15, 0.2) is 22.4 Å². The number of amides is 2. The largest absolute Gasteiger partial charge is 0.486 e. The van der Waals surface area contributed by atoms with E-state index in [0.29, 0.717) is 39.7 Å². The fraction of sp³-hybridized carbons (Fsp3) is 0.0952. The number of nitrogens with zero attached hydrogens (tertiary/aromatic N) is 1. The zero-order valence-corrected chi connectivity index (χ0v) is 17.5. The third kappa shape index (κ3) is 4.16. The van der Waals surface area contributed by atoms with E-state index in [0.717, 1.165) is 11.3 Å². The van der Waals surface area contributed by atoms with Crippen molar-refractivity contribution >= 4 is 44.6 Å². The number of nitrogens with one attached hydrogen (secondary N) is 2. The number of rotatable bonds is 5. The molecule has 5 rings (SSSR count). The average Bonchev–Trinajstić information content (AvgIpc) is 3.55. The third-order valence-corrected chi connectivity index (χ3v) is 6.13. The van der Waals surface area contributed by atoms with Gasteiger partial charge in [0.1, 0.15) is 13.2 Å². The van der Waals surface area contributed by atoms with Gasteiger partial charge in [-0.05, 0) is 42.5 Å². The second-order valence-corrected chi connectivity index (χ2v) is 8.39. The Balaban J connectivity index is 1.25. The Morgan fingerprint density at radius 2 is 1.84 bits per heavy atom. The molecular formula is C21H15N3O5S2. The zero-order chi connectivity index (χ0) is 21.2. The minimum Gasteiger partial charge on any atom is -0.486 e. The maximum atomic E-state index is 12.6. The number of carbonyl (C=O) groups is 2. The lowest BCUT2D eigenvalue weighted by Gasteiger charge is -2.18. The van der Waals surface area contributed by atoms with Crippen molar-refractivity contribution in [2.24, 2.45) is 0 Å². The van der Waals surface area contributed by atoms with Crippen molar-refractivity contribution < 1.29 is 23.5 Å². The van der Waals surface area contributed by atoms with Crippen LogP contribution in [0, 0.1) is 0 Å². The molecule has 0 radical (unpaired) electrons. The van der Waals surface area contributed by atoms with Gasteiger partial charge in [-0.15, -0.1) is 22.7 Å². The first-order chi connectivity index (χ1) is 15.2. The Hall–Kier alpha value is -3.63. The smallest absolute Gasteiger partial charge is 0.291 e. The van der Waals surface area contributed by atoms with Crippen molar-refractivity contribution in [3.63, 3.8) is 0 Å². The van der Waals surface area contributed by atoms with Gasteiger partial charge in [-0.25, -0.2) is 4.98 Å². The number of carbonyl (C=O) groups excluding carboxylic acids is 2. The molecule has 0 fully saturated rings. The number of benzene rings is 1. The molecule has 0 atom stereocenters. The topological polar surface area (TPSA) is 103 Å². The second kappa shape index (κ2) is 8.25. The number of ether oxygens (including phenoxy) is 2. The summed E-state index contributed by atoms with van der Waals surface area (Å²) in [6.45, 7) is 1.05. The van der Waals surface area contributed by atoms with Gasteiger partial charge in [0.05, 0.1) is 21.8 Å². The van der Waals surface area contributed by atoms with Crippen molar-refractivity contribution in [3.05, 3.63) is 64.7 Å². The highest BCUT2D eigenvalue weighted by atomic mass is 32.1. The van der Waals surface area contributed by atoms with E-state index in [1.54, 1.807) is 24.3 Å². The minimum atomic E-state index is -0.372. The van der Waals surface area contributed by atoms with Crippen molar-refractivity contribution in [1.82, 2.24) is 4.98 Å². The summed E-state index contributed by atoms with van der Waals surface area (Å²) in [6, 6.07) is 12.2. The predicted octanol–water partition coefficient (Wildman–Crippen LogP) is 4.74. The maximum Gasteiger partial charge on any atom is 0.291 e. The van der Waals surface area contributed by atoms with Crippen LogP contribution in [0.3, 0.4) is 0 Å². The summed E-state index contributed by atoms with van der Waals surface area (Å²) < 4.78 is 16.2. The van der Waals surface area contributed by atoms with Crippen molar-refractivity contribution in [2.45, 2.75) is 0 Å². The normalized spacial score (nSPS) is 12.4. The Kier molecular flexibility index (Phi) is 5.14. The van der Waals surface area contributed by atoms with Crippen LogP contribution in [-0.2, 0) is 0 Å². The quantitative estimate of drug-likeness (QED) is 0.452. The van der Waals surface area contributed by atoms with Crippen LogP contribution in [0.2, 0.25) is 0 Å². The van der Waals surface area contributed by atoms with Gasteiger partial charge in [-0.2, -0.15) is 0 Å². The number of anilines is 2. The van der Waals surface area contributed by atoms with E-state index in [4.69, 9.17) is 13.9 Å². The molecule has 10 heteroatoms. The Morgan fingerprint density at radius 1 is 0.968 bits per heavy atom. The fourth-order valence-corrected chi connectivity index (χ4v) is 4.44. The van der Waals surface area contributed by atoms with Crippen LogP contribution in [0.1, 0.15) is 20.2 Å². The van der Waals surface area contributed by atoms with Crippen molar-refractivity contribution in [1.29, 1.82) is 0 Å². The minimum absolute atomic E-state index is 0.203. The van der Waals surface area contributed by atoms with Gasteiger partial charge >= 0.3 is 0 Å². The van der Waals surface area contributed by atoms with Gasteiger partial charge in [-0.3, -0.25) is 14.9 Å². The third-order valence-electron chi connectivity index (χ3n) is 4.37. The number of thiazole rings is 1. The van der Waals surface area contributed by atoms with Gasteiger partial charge in [0.2, 0.25) is 0 Å². The number of aromatic nitrogens is 1. The molecule has 1 aliphatic rings. The van der Waals surface area contributed by atoms with E-state index in [1.807, 2.05) is 23.6 Å². The van der Waals surface area contributed by atoms with Crippen LogP contribution >= 0.6 is 22.7 Å². The zero-order valence-electron chi connectivity index (χ0n) is 15.9. The monoisotopic (exact) mass is 453 g/mol. The second-order valence-electron chi connectivity index (χ2n) is 6.45. The number of hydrogen-bond donors (Lipinski definition) is 2. The summed E-state index contributed by atoms with van der Waals surface area (Å²) in [5.74, 6) is 0.930. The van der Waals surface area contributed by atoms with Crippen LogP contribution < -0.4 is 20.1 Å². The van der Waals surface area contributed by atoms with Gasteiger partial charge < -0.3 is 19.2 Å². The van der Waals surface area contributed by atoms with E-state index < -0.39 is 0 Å². The molecule has 0 saturated heterocycles. The van der Waals surface area contributed by atoms with Crippen LogP contribution in [0.25, 0.3) is 11.3 Å². The summed E-state index contributed by atoms with van der Waals surface area (Å²) in [5, 5.41) is 8.39. The molecule has 4 aromatic rings. The molecule has 8 nitrogen and oxygen atoms in total. The molecule has 2 amide bonds. The molecule has 0 saturated carbocycles. The molecule has 4 heterocycles. The number of thiophene rings is 1. The highest BCUT2D eigenvalue weighted by Crippen LogP contribution is 2.35. The van der Waals surface area contributed by atoms with Crippen LogP contribution in [-0.4, -0.2) is 30.0 Å². The first kappa shape index (κ1) is 19.3. The van der Waals surface area contributed by atoms with E-state index >= 15 is 0 Å². The Bertz CT molecular complexity index is 1250. The summed E-state index contributed by atoms with van der Waals surface area (Å²) in [4.78, 5) is 29.6. The molecule has 1 aromatic carbocycles. The molecule has 0 unspecified atom stereocenters. The van der Waals surface area contributed by atoms with Crippen LogP contribution in [0.15, 0.2) is 58.5 Å². The number of fused-ring (bicyclic) bond motifs is 1. The highest BCUT2D eigenvalue weighted by molar-refractivity contribution is 7.18. The molecule has 1 aliphatic heterocycles.